The van der Waals surface area contributed by atoms with Gasteiger partial charge >= 0.3 is 0 Å². The zero-order chi connectivity index (χ0) is 10.7. The summed E-state index contributed by atoms with van der Waals surface area (Å²) in [5, 5.41) is 0. The molecule has 0 N–H and O–H groups in total. The lowest BCUT2D eigenvalue weighted by molar-refractivity contribution is 0.0959. The summed E-state index contributed by atoms with van der Waals surface area (Å²) in [6, 6.07) is 10.1. The van der Waals surface area contributed by atoms with Crippen molar-refractivity contribution in [2.24, 2.45) is 0 Å². The zero-order valence-corrected chi connectivity index (χ0v) is 7.96. The van der Waals surface area contributed by atoms with Gasteiger partial charge in [-0.25, -0.2) is 0 Å². The van der Waals surface area contributed by atoms with Crippen molar-refractivity contribution in [3.8, 4) is 0 Å². The molecule has 1 aromatic carbocycles. The van der Waals surface area contributed by atoms with Crippen LogP contribution in [0.4, 0.5) is 0 Å². The molecule has 0 aliphatic heterocycles. The Bertz CT molecular complexity index is 469. The molecular formula is C12H9NO2. The van der Waals surface area contributed by atoms with Crippen LogP contribution in [-0.2, 0) is 0 Å². The van der Waals surface area contributed by atoms with Crippen molar-refractivity contribution in [2.45, 2.75) is 0 Å². The molecule has 74 valence electrons. The average Bonchev–Trinajstić information content (AvgIpc) is 2.82. The normalized spacial score (nSPS) is 9.87. The quantitative estimate of drug-likeness (QED) is 0.694. The largest absolute Gasteiger partial charge is 0.298 e. The smallest absolute Gasteiger partial charge is 0.261 e. The van der Waals surface area contributed by atoms with Crippen LogP contribution in [0, 0.1) is 0 Å². The molecule has 1 heterocycles. The highest BCUT2D eigenvalue weighted by molar-refractivity contribution is 5.96. The summed E-state index contributed by atoms with van der Waals surface area (Å²) in [6.07, 6.45) is 4.13. The molecule has 0 aliphatic rings. The lowest BCUT2D eigenvalue weighted by Crippen LogP contribution is -2.09. The molecular weight excluding hydrogens is 190 g/mol. The van der Waals surface area contributed by atoms with Crippen LogP contribution in [0.1, 0.15) is 20.7 Å². The maximum atomic E-state index is 11.8. The Morgan fingerprint density at radius 2 is 1.67 bits per heavy atom. The average molecular weight is 199 g/mol. The number of aldehydes is 1. The van der Waals surface area contributed by atoms with E-state index < -0.39 is 0 Å². The van der Waals surface area contributed by atoms with Crippen LogP contribution in [0.2, 0.25) is 0 Å². The lowest BCUT2D eigenvalue weighted by Gasteiger charge is -2.01. The molecule has 3 nitrogen and oxygen atoms in total. The second-order valence-corrected chi connectivity index (χ2v) is 3.14. The molecule has 0 bridgehead atoms. The summed E-state index contributed by atoms with van der Waals surface area (Å²) in [5.41, 5.74) is 1.14. The van der Waals surface area contributed by atoms with Gasteiger partial charge in [0.25, 0.3) is 5.91 Å². The van der Waals surface area contributed by atoms with Crippen molar-refractivity contribution in [2.75, 3.05) is 0 Å². The number of nitrogens with zero attached hydrogens (tertiary/aromatic N) is 1. The van der Waals surface area contributed by atoms with Gasteiger partial charge in [-0.05, 0) is 24.3 Å². The fraction of sp³-hybridized carbons (Fsp3) is 0. The van der Waals surface area contributed by atoms with Gasteiger partial charge < -0.3 is 0 Å². The second-order valence-electron chi connectivity index (χ2n) is 3.14. The number of rotatable bonds is 2. The van der Waals surface area contributed by atoms with E-state index in [0.717, 1.165) is 6.29 Å². The second kappa shape index (κ2) is 3.92. The van der Waals surface area contributed by atoms with Crippen molar-refractivity contribution in [1.29, 1.82) is 0 Å². The first-order chi connectivity index (χ1) is 7.31. The number of hydrogen-bond acceptors (Lipinski definition) is 2. The number of benzene rings is 1. The van der Waals surface area contributed by atoms with Crippen LogP contribution in [-0.4, -0.2) is 16.8 Å². The summed E-state index contributed by atoms with van der Waals surface area (Å²) in [6.45, 7) is 0. The third-order valence-corrected chi connectivity index (χ3v) is 2.13. The van der Waals surface area contributed by atoms with Gasteiger partial charge in [-0.15, -0.1) is 0 Å². The summed E-state index contributed by atoms with van der Waals surface area (Å²) >= 11 is 0. The van der Waals surface area contributed by atoms with Crippen molar-refractivity contribution in [1.82, 2.24) is 4.57 Å². The monoisotopic (exact) mass is 199 g/mol. The molecule has 2 rings (SSSR count). The van der Waals surface area contributed by atoms with Gasteiger partial charge in [-0.1, -0.05) is 12.1 Å². The summed E-state index contributed by atoms with van der Waals surface area (Å²) < 4.78 is 1.50. The molecule has 0 atom stereocenters. The Kier molecular flexibility index (Phi) is 2.46. The van der Waals surface area contributed by atoms with Crippen molar-refractivity contribution in [3.63, 3.8) is 0 Å². The Morgan fingerprint density at radius 3 is 2.20 bits per heavy atom. The predicted molar refractivity (Wildman–Crippen MR) is 56.0 cm³/mol. The van der Waals surface area contributed by atoms with Gasteiger partial charge in [0.15, 0.2) is 0 Å². The molecule has 0 spiro atoms. The number of hydrogen-bond donors (Lipinski definition) is 0. The van der Waals surface area contributed by atoms with Crippen LogP contribution in [0.15, 0.2) is 48.8 Å². The van der Waals surface area contributed by atoms with E-state index >= 15 is 0 Å². The van der Waals surface area contributed by atoms with E-state index in [4.69, 9.17) is 0 Å². The Balaban J connectivity index is 2.30. The van der Waals surface area contributed by atoms with Gasteiger partial charge in [-0.2, -0.15) is 0 Å². The Morgan fingerprint density at radius 1 is 1.07 bits per heavy atom. The van der Waals surface area contributed by atoms with Gasteiger partial charge in [0, 0.05) is 23.5 Å². The molecule has 15 heavy (non-hydrogen) atoms. The van der Waals surface area contributed by atoms with E-state index in [0.29, 0.717) is 11.1 Å². The third kappa shape index (κ3) is 1.86. The van der Waals surface area contributed by atoms with E-state index in [1.807, 2.05) is 0 Å². The van der Waals surface area contributed by atoms with Crippen LogP contribution in [0.5, 0.6) is 0 Å². The van der Waals surface area contributed by atoms with E-state index in [1.165, 1.54) is 4.57 Å². The van der Waals surface area contributed by atoms with E-state index in [-0.39, 0.29) is 5.91 Å². The minimum absolute atomic E-state index is 0.0996. The maximum absolute atomic E-state index is 11.8. The molecule has 3 heteroatoms. The third-order valence-electron chi connectivity index (χ3n) is 2.13. The first-order valence-corrected chi connectivity index (χ1v) is 4.54. The molecule has 0 saturated carbocycles. The molecule has 1 aromatic heterocycles. The molecule has 0 saturated heterocycles. The minimum atomic E-state index is -0.0996. The summed E-state index contributed by atoms with van der Waals surface area (Å²) in [5.74, 6) is -0.0996. The van der Waals surface area contributed by atoms with Crippen LogP contribution in [0.25, 0.3) is 0 Å². The van der Waals surface area contributed by atoms with Gasteiger partial charge in [0.05, 0.1) is 0 Å². The van der Waals surface area contributed by atoms with E-state index in [2.05, 4.69) is 0 Å². The fourth-order valence-corrected chi connectivity index (χ4v) is 1.32. The van der Waals surface area contributed by atoms with Crippen LogP contribution < -0.4 is 0 Å². The topological polar surface area (TPSA) is 39.1 Å². The van der Waals surface area contributed by atoms with Crippen molar-refractivity contribution < 1.29 is 9.59 Å². The molecule has 0 aliphatic carbocycles. The number of aromatic nitrogens is 1. The molecule has 2 aromatic rings. The fourth-order valence-electron chi connectivity index (χ4n) is 1.32. The summed E-state index contributed by atoms with van der Waals surface area (Å²) in [7, 11) is 0. The first-order valence-electron chi connectivity index (χ1n) is 4.54. The molecule has 0 amide bonds. The van der Waals surface area contributed by atoms with Crippen LogP contribution in [0.3, 0.4) is 0 Å². The van der Waals surface area contributed by atoms with Gasteiger partial charge in [0.2, 0.25) is 0 Å². The highest BCUT2D eigenvalue weighted by Gasteiger charge is 2.05. The Hall–Kier alpha value is -2.16. The van der Waals surface area contributed by atoms with Gasteiger partial charge in [-0.3, -0.25) is 14.2 Å². The van der Waals surface area contributed by atoms with Gasteiger partial charge in [0.1, 0.15) is 6.29 Å². The number of carbonyl (C=O) groups excluding carboxylic acids is 2. The highest BCUT2D eigenvalue weighted by atomic mass is 16.2. The molecule has 0 radical (unpaired) electrons. The van der Waals surface area contributed by atoms with Crippen molar-refractivity contribution in [3.05, 3.63) is 59.9 Å². The lowest BCUT2D eigenvalue weighted by atomic mass is 10.1. The van der Waals surface area contributed by atoms with Crippen LogP contribution >= 0.6 is 0 Å². The zero-order valence-electron chi connectivity index (χ0n) is 7.96. The van der Waals surface area contributed by atoms with E-state index in [1.54, 1.807) is 48.8 Å². The first kappa shape index (κ1) is 9.40. The van der Waals surface area contributed by atoms with E-state index in [9.17, 15) is 9.59 Å². The molecule has 0 fully saturated rings. The Labute approximate surface area is 87.0 Å². The maximum Gasteiger partial charge on any atom is 0.261 e. The predicted octanol–water partition coefficient (Wildman–Crippen LogP) is 1.99. The highest BCUT2D eigenvalue weighted by Crippen LogP contribution is 2.05. The molecule has 0 unspecified atom stereocenters. The summed E-state index contributed by atoms with van der Waals surface area (Å²) in [4.78, 5) is 22.2. The minimum Gasteiger partial charge on any atom is -0.298 e. The van der Waals surface area contributed by atoms with Crippen molar-refractivity contribution >= 4 is 12.2 Å². The number of carbonyl (C=O) groups is 2. The standard InChI is InChI=1S/C12H9NO2/c14-9-10-3-5-11(6-4-10)12(15)13-7-1-2-8-13/h1-9H. The SMILES string of the molecule is O=Cc1ccc(C(=O)n2cccc2)cc1.